The Balaban J connectivity index is 1.61. The summed E-state index contributed by atoms with van der Waals surface area (Å²) >= 11 is 0. The highest BCUT2D eigenvalue weighted by atomic mass is 16.3. The van der Waals surface area contributed by atoms with Crippen molar-refractivity contribution in [1.29, 1.82) is 0 Å². The van der Waals surface area contributed by atoms with Crippen LogP contribution in [0.3, 0.4) is 0 Å². The van der Waals surface area contributed by atoms with Crippen LogP contribution in [0.5, 0.6) is 0 Å². The summed E-state index contributed by atoms with van der Waals surface area (Å²) in [6, 6.07) is 17.0. The minimum Gasteiger partial charge on any atom is -0.388 e. The third-order valence-electron chi connectivity index (χ3n) is 3.89. The average molecular weight is 309 g/mol. The van der Waals surface area contributed by atoms with Gasteiger partial charge in [0.2, 0.25) is 5.91 Å². The number of rotatable bonds is 5. The Hall–Kier alpha value is -2.66. The Morgan fingerprint density at radius 2 is 1.87 bits per heavy atom. The summed E-state index contributed by atoms with van der Waals surface area (Å²) in [5.74, 6) is 0.585. The number of hydrogen-bond acceptors (Lipinski definition) is 3. The van der Waals surface area contributed by atoms with E-state index >= 15 is 0 Å². The summed E-state index contributed by atoms with van der Waals surface area (Å²) in [6.45, 7) is 0.339. The monoisotopic (exact) mass is 309 g/mol. The van der Waals surface area contributed by atoms with E-state index in [1.54, 1.807) is 0 Å². The van der Waals surface area contributed by atoms with Gasteiger partial charge in [0.25, 0.3) is 0 Å². The van der Waals surface area contributed by atoms with Gasteiger partial charge in [0, 0.05) is 7.05 Å². The summed E-state index contributed by atoms with van der Waals surface area (Å²) < 4.78 is 1.96. The van der Waals surface area contributed by atoms with E-state index in [2.05, 4.69) is 10.3 Å². The van der Waals surface area contributed by atoms with Gasteiger partial charge in [-0.05, 0) is 17.7 Å². The lowest BCUT2D eigenvalue weighted by Crippen LogP contribution is -2.25. The number of imidazole rings is 1. The number of aliphatic hydroxyl groups excluding tert-OH is 1. The molecule has 0 fully saturated rings. The van der Waals surface area contributed by atoms with Crippen LogP contribution in [-0.2, 0) is 18.4 Å². The van der Waals surface area contributed by atoms with Crippen LogP contribution in [-0.4, -0.2) is 20.6 Å². The van der Waals surface area contributed by atoms with Crippen molar-refractivity contribution < 1.29 is 9.90 Å². The molecule has 0 bridgehead atoms. The lowest BCUT2D eigenvalue weighted by atomic mass is 10.1. The number of carbonyl (C=O) groups is 1. The van der Waals surface area contributed by atoms with E-state index < -0.39 is 6.10 Å². The van der Waals surface area contributed by atoms with Crippen molar-refractivity contribution in [3.63, 3.8) is 0 Å². The molecule has 0 aliphatic heterocycles. The maximum absolute atomic E-state index is 12.0. The van der Waals surface area contributed by atoms with Crippen LogP contribution in [0.25, 0.3) is 11.0 Å². The van der Waals surface area contributed by atoms with Gasteiger partial charge in [-0.15, -0.1) is 0 Å². The Kier molecular flexibility index (Phi) is 4.39. The van der Waals surface area contributed by atoms with Gasteiger partial charge in [-0.2, -0.15) is 0 Å². The van der Waals surface area contributed by atoms with Gasteiger partial charge in [0.1, 0.15) is 5.82 Å². The van der Waals surface area contributed by atoms with Crippen LogP contribution < -0.4 is 5.32 Å². The van der Waals surface area contributed by atoms with Crippen LogP contribution >= 0.6 is 0 Å². The Morgan fingerprint density at radius 1 is 1.17 bits per heavy atom. The molecule has 1 heterocycles. The summed E-state index contributed by atoms with van der Waals surface area (Å²) in [6.07, 6.45) is -0.759. The molecule has 2 N–H and O–H groups in total. The normalized spacial score (nSPS) is 12.3. The van der Waals surface area contributed by atoms with Crippen LogP contribution in [0.15, 0.2) is 54.6 Å². The van der Waals surface area contributed by atoms with E-state index in [0.29, 0.717) is 6.54 Å². The van der Waals surface area contributed by atoms with Crippen molar-refractivity contribution >= 4 is 16.9 Å². The number of amides is 1. The van der Waals surface area contributed by atoms with Crippen LogP contribution in [0.4, 0.5) is 0 Å². The lowest BCUT2D eigenvalue weighted by Gasteiger charge is -2.11. The Morgan fingerprint density at radius 3 is 2.61 bits per heavy atom. The summed E-state index contributed by atoms with van der Waals surface area (Å²) in [7, 11) is 1.93. The third kappa shape index (κ3) is 3.40. The van der Waals surface area contributed by atoms with Crippen molar-refractivity contribution in [1.82, 2.24) is 14.9 Å². The number of fused-ring (bicyclic) bond motifs is 1. The molecule has 1 atom stereocenters. The zero-order valence-electron chi connectivity index (χ0n) is 12.9. The zero-order chi connectivity index (χ0) is 16.2. The molecule has 0 aliphatic carbocycles. The minimum atomic E-state index is -0.795. The van der Waals surface area contributed by atoms with Crippen molar-refractivity contribution in [3.8, 4) is 0 Å². The van der Waals surface area contributed by atoms with Crippen LogP contribution in [0.2, 0.25) is 0 Å². The molecule has 3 rings (SSSR count). The highest BCUT2D eigenvalue weighted by Gasteiger charge is 2.14. The lowest BCUT2D eigenvalue weighted by molar-refractivity contribution is -0.123. The number of hydrogen-bond donors (Lipinski definition) is 2. The van der Waals surface area contributed by atoms with Crippen LogP contribution in [0.1, 0.15) is 23.9 Å². The second-order valence-electron chi connectivity index (χ2n) is 5.48. The summed E-state index contributed by atoms with van der Waals surface area (Å²) in [5.41, 5.74) is 2.68. The number of aryl methyl sites for hydroxylation is 1. The van der Waals surface area contributed by atoms with Crippen molar-refractivity contribution in [2.24, 2.45) is 7.05 Å². The van der Waals surface area contributed by atoms with Gasteiger partial charge in [0.05, 0.1) is 30.1 Å². The first kappa shape index (κ1) is 15.2. The highest BCUT2D eigenvalue weighted by molar-refractivity contribution is 5.77. The second-order valence-corrected chi connectivity index (χ2v) is 5.48. The number of nitrogens with one attached hydrogen (secondary N) is 1. The Labute approximate surface area is 134 Å². The molecule has 2 aromatic carbocycles. The molecule has 1 amide bonds. The molecule has 118 valence electrons. The van der Waals surface area contributed by atoms with Gasteiger partial charge in [-0.25, -0.2) is 4.98 Å². The molecule has 0 radical (unpaired) electrons. The SMILES string of the molecule is Cn1c(CNC(=O)CC(O)c2ccccc2)nc2ccccc21. The second kappa shape index (κ2) is 6.62. The maximum Gasteiger partial charge on any atom is 0.223 e. The van der Waals surface area contributed by atoms with E-state index in [1.165, 1.54) is 0 Å². The van der Waals surface area contributed by atoms with E-state index in [0.717, 1.165) is 22.4 Å². The molecule has 1 aromatic heterocycles. The van der Waals surface area contributed by atoms with Gasteiger partial charge in [0.15, 0.2) is 0 Å². The number of para-hydroxylation sites is 2. The molecule has 23 heavy (non-hydrogen) atoms. The molecule has 0 aliphatic rings. The molecular weight excluding hydrogens is 290 g/mol. The molecular formula is C18H19N3O2. The molecule has 5 heteroatoms. The molecule has 0 spiro atoms. The van der Waals surface area contributed by atoms with Crippen molar-refractivity contribution in [3.05, 3.63) is 66.0 Å². The maximum atomic E-state index is 12.0. The van der Waals surface area contributed by atoms with Gasteiger partial charge >= 0.3 is 0 Å². The number of carbonyl (C=O) groups excluding carboxylic acids is 1. The third-order valence-corrected chi connectivity index (χ3v) is 3.89. The molecule has 3 aromatic rings. The van der Waals surface area contributed by atoms with E-state index in [4.69, 9.17) is 0 Å². The molecule has 0 saturated carbocycles. The summed E-state index contributed by atoms with van der Waals surface area (Å²) in [5, 5.41) is 12.9. The number of benzene rings is 2. The summed E-state index contributed by atoms with van der Waals surface area (Å²) in [4.78, 5) is 16.5. The first-order chi connectivity index (χ1) is 11.1. The standard InChI is InChI=1S/C18H19N3O2/c1-21-15-10-6-5-9-14(15)20-17(21)12-19-18(23)11-16(22)13-7-3-2-4-8-13/h2-10,16,22H,11-12H2,1H3,(H,19,23). The smallest absolute Gasteiger partial charge is 0.223 e. The Bertz CT molecular complexity index is 812. The van der Waals surface area contributed by atoms with E-state index in [9.17, 15) is 9.90 Å². The minimum absolute atomic E-state index is 0.0357. The first-order valence-corrected chi connectivity index (χ1v) is 7.55. The highest BCUT2D eigenvalue weighted by Crippen LogP contribution is 2.16. The molecule has 0 saturated heterocycles. The fourth-order valence-corrected chi connectivity index (χ4v) is 2.57. The van der Waals surface area contributed by atoms with E-state index in [1.807, 2.05) is 66.2 Å². The number of nitrogens with zero attached hydrogens (tertiary/aromatic N) is 2. The first-order valence-electron chi connectivity index (χ1n) is 7.55. The fraction of sp³-hybridized carbons (Fsp3) is 0.222. The quantitative estimate of drug-likeness (QED) is 0.760. The van der Waals surface area contributed by atoms with Gasteiger partial charge in [-0.3, -0.25) is 4.79 Å². The number of aliphatic hydroxyl groups is 1. The van der Waals surface area contributed by atoms with E-state index in [-0.39, 0.29) is 12.3 Å². The predicted octanol–water partition coefficient (Wildman–Crippen LogP) is 2.31. The van der Waals surface area contributed by atoms with Crippen molar-refractivity contribution in [2.45, 2.75) is 19.1 Å². The van der Waals surface area contributed by atoms with Gasteiger partial charge < -0.3 is 15.0 Å². The zero-order valence-corrected chi connectivity index (χ0v) is 12.9. The number of aromatic nitrogens is 2. The molecule has 5 nitrogen and oxygen atoms in total. The largest absolute Gasteiger partial charge is 0.388 e. The predicted molar refractivity (Wildman–Crippen MR) is 88.6 cm³/mol. The van der Waals surface area contributed by atoms with Crippen LogP contribution in [0, 0.1) is 0 Å². The molecule has 1 unspecified atom stereocenters. The fourth-order valence-electron chi connectivity index (χ4n) is 2.57. The van der Waals surface area contributed by atoms with Gasteiger partial charge in [-0.1, -0.05) is 42.5 Å². The topological polar surface area (TPSA) is 67.2 Å². The van der Waals surface area contributed by atoms with Crippen molar-refractivity contribution in [2.75, 3.05) is 0 Å². The average Bonchev–Trinajstić information content (AvgIpc) is 2.90.